The van der Waals surface area contributed by atoms with Crippen molar-refractivity contribution in [3.63, 3.8) is 0 Å². The van der Waals surface area contributed by atoms with Gasteiger partial charge in [-0.25, -0.2) is 18.8 Å². The molecule has 9 heteroatoms. The van der Waals surface area contributed by atoms with Crippen LogP contribution in [0, 0.1) is 11.6 Å². The molecule has 0 saturated carbocycles. The van der Waals surface area contributed by atoms with E-state index in [1.165, 1.54) is 12.3 Å². The van der Waals surface area contributed by atoms with Gasteiger partial charge < -0.3 is 21.5 Å². The van der Waals surface area contributed by atoms with E-state index in [1.807, 2.05) is 13.8 Å². The quantitative estimate of drug-likeness (QED) is 0.403. The number of halogens is 2. The summed E-state index contributed by atoms with van der Waals surface area (Å²) in [6, 6.07) is 6.12. The van der Waals surface area contributed by atoms with Gasteiger partial charge in [-0.05, 0) is 19.9 Å². The van der Waals surface area contributed by atoms with Crippen LogP contribution in [-0.2, 0) is 11.3 Å². The highest BCUT2D eigenvalue weighted by molar-refractivity contribution is 5.75. The maximum absolute atomic E-state index is 14.6. The molecule has 0 fully saturated rings. The SMILES string of the molecule is CCN(CC)c1ncc(-c2cccc(CN=C(N)N)c2F)cc1F.O=CO. The van der Waals surface area contributed by atoms with Gasteiger partial charge in [-0.2, -0.15) is 0 Å². The molecule has 1 aromatic heterocycles. The van der Waals surface area contributed by atoms with E-state index in [4.69, 9.17) is 21.4 Å². The van der Waals surface area contributed by atoms with Crippen LogP contribution in [0.15, 0.2) is 35.5 Å². The largest absolute Gasteiger partial charge is 0.483 e. The van der Waals surface area contributed by atoms with Gasteiger partial charge in [-0.1, -0.05) is 18.2 Å². The van der Waals surface area contributed by atoms with Gasteiger partial charge >= 0.3 is 0 Å². The Bertz CT molecular complexity index is 791. The fourth-order valence-electron chi connectivity index (χ4n) is 2.44. The Balaban J connectivity index is 0.00000114. The molecule has 0 unspecified atom stereocenters. The molecule has 2 aromatic rings. The normalized spacial score (nSPS) is 9.78. The van der Waals surface area contributed by atoms with Crippen molar-refractivity contribution >= 4 is 18.2 Å². The number of carboxylic acid groups (broad SMARTS) is 1. The van der Waals surface area contributed by atoms with Gasteiger partial charge in [-0.15, -0.1) is 0 Å². The van der Waals surface area contributed by atoms with Crippen molar-refractivity contribution in [1.29, 1.82) is 0 Å². The summed E-state index contributed by atoms with van der Waals surface area (Å²) in [7, 11) is 0. The van der Waals surface area contributed by atoms with Crippen LogP contribution in [0.25, 0.3) is 11.1 Å². The standard InChI is InChI=1S/C17H21F2N5.CH2O2/c1-3-24(4-2)16-14(18)8-12(10-22-16)13-7-5-6-11(15(13)19)9-23-17(20)21;2-1-3/h5-8,10H,3-4,9H2,1-2H3,(H4,20,21,23);1H,(H,2,3). The van der Waals surface area contributed by atoms with Crippen molar-refractivity contribution in [2.75, 3.05) is 18.0 Å². The first kappa shape index (κ1) is 21.8. The number of benzene rings is 1. The van der Waals surface area contributed by atoms with Crippen LogP contribution >= 0.6 is 0 Å². The van der Waals surface area contributed by atoms with E-state index >= 15 is 0 Å². The average Bonchev–Trinajstić information content (AvgIpc) is 2.63. The Morgan fingerprint density at radius 1 is 1.30 bits per heavy atom. The maximum Gasteiger partial charge on any atom is 0.290 e. The zero-order chi connectivity index (χ0) is 20.4. The lowest BCUT2D eigenvalue weighted by atomic mass is 10.0. The summed E-state index contributed by atoms with van der Waals surface area (Å²) in [6.07, 6.45) is 1.47. The molecule has 146 valence electrons. The third-order valence-corrected chi connectivity index (χ3v) is 3.71. The van der Waals surface area contributed by atoms with Crippen LogP contribution < -0.4 is 16.4 Å². The molecule has 5 N–H and O–H groups in total. The van der Waals surface area contributed by atoms with Crippen LogP contribution in [0.2, 0.25) is 0 Å². The number of hydrogen-bond donors (Lipinski definition) is 3. The number of aromatic nitrogens is 1. The van der Waals surface area contributed by atoms with Crippen LogP contribution in [-0.4, -0.2) is 35.6 Å². The van der Waals surface area contributed by atoms with Crippen molar-refractivity contribution in [3.05, 3.63) is 47.7 Å². The second-order valence-electron chi connectivity index (χ2n) is 5.33. The van der Waals surface area contributed by atoms with Gasteiger partial charge in [0.25, 0.3) is 6.47 Å². The molecule has 0 aliphatic heterocycles. The molecule has 0 aliphatic carbocycles. The predicted octanol–water partition coefficient (Wildman–Crippen LogP) is 2.35. The first-order valence-corrected chi connectivity index (χ1v) is 8.20. The summed E-state index contributed by atoms with van der Waals surface area (Å²) in [4.78, 5) is 18.1. The van der Waals surface area contributed by atoms with Gasteiger partial charge in [0.05, 0.1) is 6.54 Å². The molecular formula is C18H23F2N5O2. The van der Waals surface area contributed by atoms with E-state index in [0.717, 1.165) is 0 Å². The van der Waals surface area contributed by atoms with Crippen molar-refractivity contribution < 1.29 is 18.7 Å². The van der Waals surface area contributed by atoms with Gasteiger partial charge in [0.1, 0.15) is 5.82 Å². The number of nitrogens with two attached hydrogens (primary N) is 2. The highest BCUT2D eigenvalue weighted by atomic mass is 19.1. The number of nitrogens with zero attached hydrogens (tertiary/aromatic N) is 3. The molecule has 0 spiro atoms. The van der Waals surface area contributed by atoms with Gasteiger partial charge in [0.2, 0.25) is 0 Å². The fourth-order valence-corrected chi connectivity index (χ4v) is 2.44. The van der Waals surface area contributed by atoms with Crippen molar-refractivity contribution in [2.45, 2.75) is 20.4 Å². The number of rotatable bonds is 6. The Kier molecular flexibility index (Phi) is 8.64. The lowest BCUT2D eigenvalue weighted by molar-refractivity contribution is -0.122. The van der Waals surface area contributed by atoms with E-state index < -0.39 is 11.6 Å². The first-order chi connectivity index (χ1) is 12.9. The zero-order valence-corrected chi connectivity index (χ0v) is 15.2. The molecule has 1 aromatic carbocycles. The third kappa shape index (κ3) is 5.91. The topological polar surface area (TPSA) is 118 Å². The molecule has 0 saturated heterocycles. The lowest BCUT2D eigenvalue weighted by Crippen LogP contribution is -2.24. The maximum atomic E-state index is 14.6. The average molecular weight is 379 g/mol. The zero-order valence-electron chi connectivity index (χ0n) is 15.2. The summed E-state index contributed by atoms with van der Waals surface area (Å²) in [5, 5.41) is 6.89. The summed E-state index contributed by atoms with van der Waals surface area (Å²) in [6.45, 7) is 4.90. The number of aliphatic imine (C=N–C) groups is 1. The third-order valence-electron chi connectivity index (χ3n) is 3.71. The monoisotopic (exact) mass is 379 g/mol. The molecule has 1 heterocycles. The second-order valence-corrected chi connectivity index (χ2v) is 5.33. The Morgan fingerprint density at radius 3 is 2.44 bits per heavy atom. The highest BCUT2D eigenvalue weighted by Gasteiger charge is 2.15. The van der Waals surface area contributed by atoms with E-state index in [1.54, 1.807) is 23.1 Å². The van der Waals surface area contributed by atoms with E-state index in [-0.39, 0.29) is 30.4 Å². The molecule has 0 bridgehead atoms. The molecular weight excluding hydrogens is 356 g/mol. The second kappa shape index (κ2) is 10.7. The number of hydrogen-bond acceptors (Lipinski definition) is 4. The molecule has 2 rings (SSSR count). The van der Waals surface area contributed by atoms with Crippen molar-refractivity contribution in [1.82, 2.24) is 4.98 Å². The van der Waals surface area contributed by atoms with Gasteiger partial charge in [0, 0.05) is 36.0 Å². The van der Waals surface area contributed by atoms with E-state index in [0.29, 0.717) is 24.2 Å². The number of pyridine rings is 1. The lowest BCUT2D eigenvalue weighted by Gasteiger charge is -2.20. The van der Waals surface area contributed by atoms with E-state index in [9.17, 15) is 8.78 Å². The predicted molar refractivity (Wildman–Crippen MR) is 101 cm³/mol. The van der Waals surface area contributed by atoms with Crippen LogP contribution in [0.5, 0.6) is 0 Å². The van der Waals surface area contributed by atoms with Crippen LogP contribution in [0.3, 0.4) is 0 Å². The molecule has 7 nitrogen and oxygen atoms in total. The van der Waals surface area contributed by atoms with Crippen LogP contribution in [0.4, 0.5) is 14.6 Å². The summed E-state index contributed by atoms with van der Waals surface area (Å²) >= 11 is 0. The van der Waals surface area contributed by atoms with Crippen molar-refractivity contribution in [2.24, 2.45) is 16.5 Å². The summed E-state index contributed by atoms with van der Waals surface area (Å²) in [5.41, 5.74) is 11.5. The minimum absolute atomic E-state index is 0.0233. The number of carbonyl (C=O) groups is 1. The fraction of sp³-hybridized carbons (Fsp3) is 0.278. The minimum atomic E-state index is -0.487. The highest BCUT2D eigenvalue weighted by Crippen LogP contribution is 2.28. The van der Waals surface area contributed by atoms with Gasteiger partial charge in [-0.3, -0.25) is 4.79 Å². The Labute approximate surface area is 156 Å². The molecule has 0 amide bonds. The number of guanidine groups is 1. The minimum Gasteiger partial charge on any atom is -0.483 e. The molecule has 0 aliphatic rings. The molecule has 27 heavy (non-hydrogen) atoms. The van der Waals surface area contributed by atoms with Gasteiger partial charge in [0.15, 0.2) is 17.6 Å². The molecule has 0 atom stereocenters. The Morgan fingerprint density at radius 2 is 1.93 bits per heavy atom. The summed E-state index contributed by atoms with van der Waals surface area (Å²) < 4.78 is 29.0. The first-order valence-electron chi connectivity index (χ1n) is 8.20. The molecule has 0 radical (unpaired) electrons. The summed E-state index contributed by atoms with van der Waals surface area (Å²) in [5.74, 6) is -0.818. The van der Waals surface area contributed by atoms with Crippen molar-refractivity contribution in [3.8, 4) is 11.1 Å². The number of anilines is 1. The smallest absolute Gasteiger partial charge is 0.290 e. The Hall–Kier alpha value is -3.23. The van der Waals surface area contributed by atoms with E-state index in [2.05, 4.69) is 9.98 Å². The van der Waals surface area contributed by atoms with Crippen LogP contribution in [0.1, 0.15) is 19.4 Å².